The van der Waals surface area contributed by atoms with Crippen molar-refractivity contribution >= 4 is 32.9 Å². The molecule has 2 rings (SSSR count). The molecule has 0 N–H and O–H groups in total. The van der Waals surface area contributed by atoms with Gasteiger partial charge in [-0.15, -0.1) is 11.3 Å². The molecule has 0 spiro atoms. The molecule has 0 unspecified atom stereocenters. The molecule has 0 aliphatic carbocycles. The Morgan fingerprint density at radius 3 is 2.60 bits per heavy atom. The first-order chi connectivity index (χ1) is 9.51. The second kappa shape index (κ2) is 6.39. The molecule has 0 aliphatic heterocycles. The molecule has 0 saturated heterocycles. The van der Waals surface area contributed by atoms with Crippen LogP contribution in [0, 0.1) is 18.3 Å². The molecular formula is C13H12N2O2S3. The number of nitriles is 1. The Bertz CT molecular complexity index is 728. The van der Waals surface area contributed by atoms with Gasteiger partial charge in [0.25, 0.3) is 0 Å². The van der Waals surface area contributed by atoms with Crippen LogP contribution in [0.3, 0.4) is 0 Å². The lowest BCUT2D eigenvalue weighted by molar-refractivity contribution is 0.597. The van der Waals surface area contributed by atoms with Crippen LogP contribution >= 0.6 is 23.1 Å². The van der Waals surface area contributed by atoms with E-state index < -0.39 is 9.84 Å². The van der Waals surface area contributed by atoms with Gasteiger partial charge in [-0.3, -0.25) is 0 Å². The number of thioether (sulfide) groups is 1. The summed E-state index contributed by atoms with van der Waals surface area (Å²) in [5.41, 5.74) is 1.41. The summed E-state index contributed by atoms with van der Waals surface area (Å²) in [6.07, 6.45) is 0. The first-order valence-electron chi connectivity index (χ1n) is 5.79. The van der Waals surface area contributed by atoms with E-state index in [1.54, 1.807) is 0 Å². The molecule has 20 heavy (non-hydrogen) atoms. The first-order valence-corrected chi connectivity index (χ1v) is 9.31. The Hall–Kier alpha value is -1.36. The second-order valence-electron chi connectivity index (χ2n) is 4.06. The van der Waals surface area contributed by atoms with E-state index in [4.69, 9.17) is 5.26 Å². The predicted octanol–water partition coefficient (Wildman–Crippen LogP) is 2.89. The van der Waals surface area contributed by atoms with E-state index in [9.17, 15) is 8.42 Å². The van der Waals surface area contributed by atoms with Gasteiger partial charge in [-0.1, -0.05) is 11.8 Å². The van der Waals surface area contributed by atoms with Crippen LogP contribution in [-0.4, -0.2) is 24.9 Å². The third-order valence-corrected chi connectivity index (χ3v) is 6.65. The molecule has 0 aliphatic rings. The van der Waals surface area contributed by atoms with Gasteiger partial charge in [0.1, 0.15) is 4.34 Å². The van der Waals surface area contributed by atoms with E-state index in [1.807, 2.05) is 18.4 Å². The van der Waals surface area contributed by atoms with Crippen molar-refractivity contribution in [3.05, 3.63) is 40.9 Å². The van der Waals surface area contributed by atoms with E-state index in [2.05, 4.69) is 4.98 Å². The van der Waals surface area contributed by atoms with E-state index in [0.717, 1.165) is 10.0 Å². The van der Waals surface area contributed by atoms with Gasteiger partial charge in [0, 0.05) is 16.8 Å². The first kappa shape index (κ1) is 15.0. The number of thiazole rings is 1. The predicted molar refractivity (Wildman–Crippen MR) is 80.8 cm³/mol. The lowest BCUT2D eigenvalue weighted by Crippen LogP contribution is -2.08. The zero-order valence-corrected chi connectivity index (χ0v) is 13.2. The fourth-order valence-electron chi connectivity index (χ4n) is 1.49. The van der Waals surface area contributed by atoms with E-state index in [1.165, 1.54) is 47.4 Å². The number of hydrogen-bond acceptors (Lipinski definition) is 6. The molecule has 0 atom stereocenters. The number of hydrogen-bond donors (Lipinski definition) is 0. The van der Waals surface area contributed by atoms with Crippen LogP contribution in [0.5, 0.6) is 0 Å². The Morgan fingerprint density at radius 1 is 1.35 bits per heavy atom. The molecule has 104 valence electrons. The number of rotatable bonds is 5. The average Bonchev–Trinajstić information content (AvgIpc) is 2.84. The second-order valence-corrected chi connectivity index (χ2v) is 8.37. The molecule has 7 heteroatoms. The van der Waals surface area contributed by atoms with Crippen LogP contribution in [0.15, 0.2) is 38.9 Å². The lowest BCUT2D eigenvalue weighted by Gasteiger charge is -2.03. The SMILES string of the molecule is Cc1csc(SCCS(=O)(=O)c2ccc(C#N)cc2)n1. The van der Waals surface area contributed by atoms with Gasteiger partial charge in [0.05, 0.1) is 22.3 Å². The molecule has 1 heterocycles. The van der Waals surface area contributed by atoms with Crippen LogP contribution in [-0.2, 0) is 9.84 Å². The van der Waals surface area contributed by atoms with Gasteiger partial charge in [-0.05, 0) is 31.2 Å². The molecule has 4 nitrogen and oxygen atoms in total. The number of aromatic nitrogens is 1. The Morgan fingerprint density at radius 2 is 2.05 bits per heavy atom. The molecule has 0 bridgehead atoms. The topological polar surface area (TPSA) is 70.8 Å². The molecule has 0 amide bonds. The summed E-state index contributed by atoms with van der Waals surface area (Å²) < 4.78 is 25.1. The molecule has 0 radical (unpaired) electrons. The van der Waals surface area contributed by atoms with Crippen LogP contribution in [0.25, 0.3) is 0 Å². The standard InChI is InChI=1S/C13H12N2O2S3/c1-10-9-19-13(15-10)18-6-7-20(16,17)12-4-2-11(8-14)3-5-12/h2-5,9H,6-7H2,1H3. The lowest BCUT2D eigenvalue weighted by atomic mass is 10.2. The summed E-state index contributed by atoms with van der Waals surface area (Å²) in [6, 6.07) is 7.96. The van der Waals surface area contributed by atoms with E-state index >= 15 is 0 Å². The third kappa shape index (κ3) is 3.82. The highest BCUT2D eigenvalue weighted by Crippen LogP contribution is 2.23. The van der Waals surface area contributed by atoms with E-state index in [0.29, 0.717) is 11.3 Å². The molecular weight excluding hydrogens is 312 g/mol. The minimum Gasteiger partial charge on any atom is -0.235 e. The summed E-state index contributed by atoms with van der Waals surface area (Å²) in [5, 5.41) is 10.6. The Balaban J connectivity index is 1.98. The fraction of sp³-hybridized carbons (Fsp3) is 0.231. The van der Waals surface area contributed by atoms with Crippen LogP contribution in [0.2, 0.25) is 0 Å². The maximum Gasteiger partial charge on any atom is 0.179 e. The molecule has 0 fully saturated rings. The summed E-state index contributed by atoms with van der Waals surface area (Å²) in [5.74, 6) is 0.525. The fourth-order valence-corrected chi connectivity index (χ4v) is 5.06. The van der Waals surface area contributed by atoms with Crippen molar-refractivity contribution in [3.63, 3.8) is 0 Å². The van der Waals surface area contributed by atoms with Crippen LogP contribution in [0.4, 0.5) is 0 Å². The smallest absolute Gasteiger partial charge is 0.179 e. The van der Waals surface area contributed by atoms with Crippen molar-refractivity contribution in [1.29, 1.82) is 5.26 Å². The van der Waals surface area contributed by atoms with Gasteiger partial charge >= 0.3 is 0 Å². The van der Waals surface area contributed by atoms with Crippen molar-refractivity contribution in [2.45, 2.75) is 16.2 Å². The van der Waals surface area contributed by atoms with E-state index in [-0.39, 0.29) is 10.6 Å². The maximum atomic E-state index is 12.1. The number of aryl methyl sites for hydroxylation is 1. The van der Waals surface area contributed by atoms with Gasteiger partial charge in [0.2, 0.25) is 0 Å². The maximum absolute atomic E-state index is 12.1. The Kier molecular flexibility index (Phi) is 4.81. The normalized spacial score (nSPS) is 11.2. The molecule has 1 aromatic carbocycles. The molecule has 0 saturated carbocycles. The minimum absolute atomic E-state index is 0.0577. The highest BCUT2D eigenvalue weighted by molar-refractivity contribution is 8.02. The van der Waals surface area contributed by atoms with Gasteiger partial charge in [-0.25, -0.2) is 13.4 Å². The summed E-state index contributed by atoms with van der Waals surface area (Å²) in [4.78, 5) is 4.53. The van der Waals surface area contributed by atoms with Gasteiger partial charge in [0.15, 0.2) is 9.84 Å². The van der Waals surface area contributed by atoms with Crippen molar-refractivity contribution in [2.75, 3.05) is 11.5 Å². The van der Waals surface area contributed by atoms with Crippen LogP contribution < -0.4 is 0 Å². The quantitative estimate of drug-likeness (QED) is 0.791. The zero-order valence-electron chi connectivity index (χ0n) is 10.7. The van der Waals surface area contributed by atoms with Crippen molar-refractivity contribution in [2.24, 2.45) is 0 Å². The number of sulfone groups is 1. The zero-order chi connectivity index (χ0) is 14.6. The van der Waals surface area contributed by atoms with Crippen molar-refractivity contribution < 1.29 is 8.42 Å². The third-order valence-electron chi connectivity index (χ3n) is 2.52. The largest absolute Gasteiger partial charge is 0.235 e. The summed E-state index contributed by atoms with van der Waals surface area (Å²) in [6.45, 7) is 1.91. The number of nitrogens with zero attached hydrogens (tertiary/aromatic N) is 2. The highest BCUT2D eigenvalue weighted by atomic mass is 32.2. The monoisotopic (exact) mass is 324 g/mol. The van der Waals surface area contributed by atoms with Gasteiger partial charge in [-0.2, -0.15) is 5.26 Å². The minimum atomic E-state index is -3.30. The Labute approximate surface area is 126 Å². The average molecular weight is 324 g/mol. The number of benzene rings is 1. The van der Waals surface area contributed by atoms with Gasteiger partial charge < -0.3 is 0 Å². The summed E-state index contributed by atoms with van der Waals surface area (Å²) >= 11 is 2.97. The van der Waals surface area contributed by atoms with Crippen molar-refractivity contribution in [1.82, 2.24) is 4.98 Å². The molecule has 1 aromatic heterocycles. The highest BCUT2D eigenvalue weighted by Gasteiger charge is 2.14. The summed E-state index contributed by atoms with van der Waals surface area (Å²) in [7, 11) is -3.30. The van der Waals surface area contributed by atoms with Crippen LogP contribution in [0.1, 0.15) is 11.3 Å². The molecule has 2 aromatic rings. The van der Waals surface area contributed by atoms with Crippen molar-refractivity contribution in [3.8, 4) is 6.07 Å².